The molecule has 43 heavy (non-hydrogen) atoms. The molecule has 3 aromatic carbocycles. The molecule has 0 radical (unpaired) electrons. The van der Waals surface area contributed by atoms with Gasteiger partial charge in [0, 0.05) is 36.5 Å². The molecule has 0 saturated carbocycles. The number of aromatic nitrogens is 1. The quantitative estimate of drug-likeness (QED) is 0.151. The summed E-state index contributed by atoms with van der Waals surface area (Å²) in [6, 6.07) is 23.1. The molecule has 2 N–H and O–H groups in total. The molecule has 1 aromatic heterocycles. The molecule has 8 heteroatoms. The maximum absolute atomic E-state index is 13.8. The van der Waals surface area contributed by atoms with Crippen LogP contribution in [0.5, 0.6) is 5.75 Å². The van der Waals surface area contributed by atoms with Crippen LogP contribution < -0.4 is 10.1 Å². The fraction of sp³-hybridized carbons (Fsp3) is 0.314. The van der Waals surface area contributed by atoms with Gasteiger partial charge in [0.1, 0.15) is 11.6 Å². The van der Waals surface area contributed by atoms with Crippen molar-refractivity contribution < 1.29 is 28.2 Å². The summed E-state index contributed by atoms with van der Waals surface area (Å²) in [6.07, 6.45) is 0.172. The molecule has 1 unspecified atom stereocenters. The van der Waals surface area contributed by atoms with Crippen LogP contribution in [-0.4, -0.2) is 42.8 Å². The number of ether oxygens (including phenoxy) is 3. The maximum Gasteiger partial charge on any atom is 0.335 e. The van der Waals surface area contributed by atoms with Crippen LogP contribution in [-0.2, 0) is 27.1 Å². The van der Waals surface area contributed by atoms with Crippen LogP contribution in [0.25, 0.3) is 11.3 Å². The number of hydrogen-bond acceptors (Lipinski definition) is 5. The van der Waals surface area contributed by atoms with E-state index in [1.165, 1.54) is 12.1 Å². The monoisotopic (exact) mass is 586 g/mol. The fourth-order valence-corrected chi connectivity index (χ4v) is 4.93. The van der Waals surface area contributed by atoms with Crippen molar-refractivity contribution >= 4 is 17.6 Å². The van der Waals surface area contributed by atoms with Crippen molar-refractivity contribution in [3.05, 3.63) is 107 Å². The van der Waals surface area contributed by atoms with E-state index in [2.05, 4.69) is 10.3 Å². The number of H-pyrrole nitrogens is 1. The van der Waals surface area contributed by atoms with E-state index in [1.807, 2.05) is 75.4 Å². The Kier molecular flexibility index (Phi) is 11.1. The maximum atomic E-state index is 13.8. The number of amides is 1. The average Bonchev–Trinajstić information content (AvgIpc) is 3.39. The standard InChI is InChI=1S/C35H39FN2O5/c1-5-41-30(35(40)42-6-2)22-24-12-18-28(19-13-24)43-21-20-29-31(34(39)37-27-10-8-7-9-11-27)32(23(3)4)38-33(29)25-14-16-26(36)17-15-25/h7-19,23,30,38H,5-6,20-22H2,1-4H3,(H,37,39). The van der Waals surface area contributed by atoms with Crippen LogP contribution in [0, 0.1) is 5.82 Å². The van der Waals surface area contributed by atoms with E-state index < -0.39 is 6.10 Å². The Labute approximate surface area is 252 Å². The molecule has 0 bridgehead atoms. The van der Waals surface area contributed by atoms with Gasteiger partial charge in [0.05, 0.1) is 18.8 Å². The van der Waals surface area contributed by atoms with Crippen LogP contribution in [0.4, 0.5) is 10.1 Å². The van der Waals surface area contributed by atoms with Crippen LogP contribution >= 0.6 is 0 Å². The van der Waals surface area contributed by atoms with Gasteiger partial charge in [-0.3, -0.25) is 4.79 Å². The lowest BCUT2D eigenvalue weighted by atomic mass is 9.97. The summed E-state index contributed by atoms with van der Waals surface area (Å²) in [5, 5.41) is 3.02. The Balaban J connectivity index is 1.55. The van der Waals surface area contributed by atoms with E-state index in [9.17, 15) is 14.0 Å². The molecule has 0 spiro atoms. The number of benzene rings is 3. The molecule has 226 valence electrons. The van der Waals surface area contributed by atoms with E-state index >= 15 is 0 Å². The molecule has 0 aliphatic rings. The predicted octanol–water partition coefficient (Wildman–Crippen LogP) is 7.33. The van der Waals surface area contributed by atoms with E-state index in [4.69, 9.17) is 14.2 Å². The van der Waals surface area contributed by atoms with Crippen molar-refractivity contribution in [2.75, 3.05) is 25.1 Å². The first kappa shape index (κ1) is 31.5. The van der Waals surface area contributed by atoms with Crippen molar-refractivity contribution in [3.63, 3.8) is 0 Å². The van der Waals surface area contributed by atoms with Gasteiger partial charge in [-0.05, 0) is 85.0 Å². The van der Waals surface area contributed by atoms with Crippen molar-refractivity contribution in [1.82, 2.24) is 4.98 Å². The lowest BCUT2D eigenvalue weighted by Crippen LogP contribution is -2.28. The highest BCUT2D eigenvalue weighted by atomic mass is 19.1. The highest BCUT2D eigenvalue weighted by Crippen LogP contribution is 2.33. The Hall–Kier alpha value is -4.43. The second kappa shape index (κ2) is 15.2. The third kappa shape index (κ3) is 8.32. The average molecular weight is 587 g/mol. The van der Waals surface area contributed by atoms with Gasteiger partial charge in [-0.2, -0.15) is 0 Å². The molecular formula is C35H39FN2O5. The van der Waals surface area contributed by atoms with E-state index in [-0.39, 0.29) is 23.6 Å². The molecule has 1 atom stereocenters. The Morgan fingerprint density at radius 2 is 1.60 bits per heavy atom. The van der Waals surface area contributed by atoms with Crippen molar-refractivity contribution in [3.8, 4) is 17.0 Å². The van der Waals surface area contributed by atoms with Crippen molar-refractivity contribution in [2.45, 2.75) is 52.6 Å². The number of carbonyl (C=O) groups is 2. The molecule has 1 amide bonds. The van der Waals surface area contributed by atoms with Crippen LogP contribution in [0.2, 0.25) is 0 Å². The van der Waals surface area contributed by atoms with Gasteiger partial charge in [0.15, 0.2) is 6.10 Å². The van der Waals surface area contributed by atoms with E-state index in [0.29, 0.717) is 49.7 Å². The van der Waals surface area contributed by atoms with Gasteiger partial charge in [-0.1, -0.05) is 44.2 Å². The van der Waals surface area contributed by atoms with Gasteiger partial charge < -0.3 is 24.5 Å². The summed E-state index contributed by atoms with van der Waals surface area (Å²) in [4.78, 5) is 29.4. The predicted molar refractivity (Wildman–Crippen MR) is 166 cm³/mol. The molecule has 0 aliphatic heterocycles. The number of hydrogen-bond donors (Lipinski definition) is 2. The highest BCUT2D eigenvalue weighted by molar-refractivity contribution is 6.07. The van der Waals surface area contributed by atoms with Crippen molar-refractivity contribution in [2.24, 2.45) is 0 Å². The number of anilines is 1. The number of para-hydroxylation sites is 1. The zero-order valence-corrected chi connectivity index (χ0v) is 25.1. The Bertz CT molecular complexity index is 1480. The molecule has 0 aliphatic carbocycles. The summed E-state index contributed by atoms with van der Waals surface area (Å²) >= 11 is 0. The van der Waals surface area contributed by atoms with Crippen LogP contribution in [0.3, 0.4) is 0 Å². The number of rotatable bonds is 14. The minimum absolute atomic E-state index is 0.0352. The molecule has 4 rings (SSSR count). The third-order valence-corrected chi connectivity index (χ3v) is 6.98. The van der Waals surface area contributed by atoms with Gasteiger partial charge >= 0.3 is 5.97 Å². The summed E-state index contributed by atoms with van der Waals surface area (Å²) in [5.74, 6) is -0.228. The van der Waals surface area contributed by atoms with Gasteiger partial charge in [-0.25, -0.2) is 9.18 Å². The topological polar surface area (TPSA) is 89.7 Å². The SMILES string of the molecule is CCOC(=O)C(Cc1ccc(OCCc2c(-c3ccc(F)cc3)[nH]c(C(C)C)c2C(=O)Nc2ccccc2)cc1)OCC. The fourth-order valence-electron chi connectivity index (χ4n) is 4.93. The largest absolute Gasteiger partial charge is 0.493 e. The zero-order chi connectivity index (χ0) is 30.8. The first-order chi connectivity index (χ1) is 20.8. The first-order valence-electron chi connectivity index (χ1n) is 14.7. The van der Waals surface area contributed by atoms with Crippen LogP contribution in [0.1, 0.15) is 60.8 Å². The number of halogens is 1. The first-order valence-corrected chi connectivity index (χ1v) is 14.7. The number of esters is 1. The summed E-state index contributed by atoms with van der Waals surface area (Å²) < 4.78 is 30.6. The smallest absolute Gasteiger partial charge is 0.335 e. The Morgan fingerprint density at radius 3 is 2.23 bits per heavy atom. The molecule has 0 fully saturated rings. The molecule has 0 saturated heterocycles. The second-order valence-corrected chi connectivity index (χ2v) is 10.4. The summed E-state index contributed by atoms with van der Waals surface area (Å²) in [7, 11) is 0. The molecular weight excluding hydrogens is 547 g/mol. The van der Waals surface area contributed by atoms with E-state index in [0.717, 1.165) is 28.1 Å². The lowest BCUT2D eigenvalue weighted by molar-refractivity contribution is -0.156. The lowest BCUT2D eigenvalue weighted by Gasteiger charge is -2.16. The minimum atomic E-state index is -0.661. The zero-order valence-electron chi connectivity index (χ0n) is 25.1. The van der Waals surface area contributed by atoms with Crippen LogP contribution in [0.15, 0.2) is 78.9 Å². The summed E-state index contributed by atoms with van der Waals surface area (Å²) in [6.45, 7) is 8.68. The molecule has 7 nitrogen and oxygen atoms in total. The van der Waals surface area contributed by atoms with Gasteiger partial charge in [0.2, 0.25) is 0 Å². The second-order valence-electron chi connectivity index (χ2n) is 10.4. The number of carbonyl (C=O) groups excluding carboxylic acids is 2. The van der Waals surface area contributed by atoms with E-state index in [1.54, 1.807) is 19.1 Å². The highest BCUT2D eigenvalue weighted by Gasteiger charge is 2.26. The minimum Gasteiger partial charge on any atom is -0.493 e. The molecule has 1 heterocycles. The molecule has 4 aromatic rings. The van der Waals surface area contributed by atoms with Crippen molar-refractivity contribution in [1.29, 1.82) is 0 Å². The Morgan fingerprint density at radius 1 is 0.907 bits per heavy atom. The van der Waals surface area contributed by atoms with Gasteiger partial charge in [0.25, 0.3) is 5.91 Å². The summed E-state index contributed by atoms with van der Waals surface area (Å²) in [5.41, 5.74) is 5.34. The normalized spacial score (nSPS) is 11.8. The number of nitrogens with one attached hydrogen (secondary N) is 2. The number of aromatic amines is 1. The third-order valence-electron chi connectivity index (χ3n) is 6.98. The van der Waals surface area contributed by atoms with Gasteiger partial charge in [-0.15, -0.1) is 0 Å².